The van der Waals surface area contributed by atoms with Gasteiger partial charge in [-0.3, -0.25) is 4.90 Å². The molecule has 0 radical (unpaired) electrons. The van der Waals surface area contributed by atoms with Gasteiger partial charge in [-0.2, -0.15) is 0 Å². The van der Waals surface area contributed by atoms with Crippen molar-refractivity contribution in [3.05, 3.63) is 29.3 Å². The van der Waals surface area contributed by atoms with Crippen molar-refractivity contribution in [3.8, 4) is 0 Å². The molecule has 1 atom stereocenters. The van der Waals surface area contributed by atoms with E-state index in [9.17, 15) is 0 Å². The molecule has 0 spiro atoms. The van der Waals surface area contributed by atoms with E-state index >= 15 is 0 Å². The largest absolute Gasteiger partial charge is 0.374 e. The van der Waals surface area contributed by atoms with E-state index in [0.29, 0.717) is 6.04 Å². The Hall–Kier alpha value is -1.06. The van der Waals surface area contributed by atoms with Crippen molar-refractivity contribution in [1.82, 2.24) is 10.2 Å². The Morgan fingerprint density at radius 1 is 1.24 bits per heavy atom. The SMILES string of the molecule is CN1CCc2cc(C3CNCCN3C)ccc21. The number of nitrogens with one attached hydrogen (secondary N) is 1. The van der Waals surface area contributed by atoms with Crippen molar-refractivity contribution in [2.24, 2.45) is 0 Å². The molecule has 0 saturated carbocycles. The molecule has 0 aromatic heterocycles. The van der Waals surface area contributed by atoms with Crippen LogP contribution in [0, 0.1) is 0 Å². The summed E-state index contributed by atoms with van der Waals surface area (Å²) in [6.45, 7) is 4.49. The number of benzene rings is 1. The van der Waals surface area contributed by atoms with Gasteiger partial charge in [0.1, 0.15) is 0 Å². The number of rotatable bonds is 1. The first-order valence-electron chi connectivity index (χ1n) is 6.50. The zero-order valence-electron chi connectivity index (χ0n) is 10.7. The second-order valence-corrected chi connectivity index (χ2v) is 5.26. The lowest BCUT2D eigenvalue weighted by atomic mass is 10.00. The van der Waals surface area contributed by atoms with E-state index < -0.39 is 0 Å². The van der Waals surface area contributed by atoms with Gasteiger partial charge in [-0.25, -0.2) is 0 Å². The molecule has 1 unspecified atom stereocenters. The number of nitrogens with zero attached hydrogens (tertiary/aromatic N) is 2. The monoisotopic (exact) mass is 231 g/mol. The fourth-order valence-electron chi connectivity index (χ4n) is 2.97. The Labute approximate surface area is 103 Å². The molecule has 1 saturated heterocycles. The summed E-state index contributed by atoms with van der Waals surface area (Å²) < 4.78 is 0. The summed E-state index contributed by atoms with van der Waals surface area (Å²) in [6, 6.07) is 7.54. The quantitative estimate of drug-likeness (QED) is 0.785. The number of anilines is 1. The normalized spacial score (nSPS) is 25.1. The average molecular weight is 231 g/mol. The minimum absolute atomic E-state index is 0.542. The first-order valence-corrected chi connectivity index (χ1v) is 6.50. The summed E-state index contributed by atoms with van der Waals surface area (Å²) in [6.07, 6.45) is 1.20. The Morgan fingerprint density at radius 3 is 2.94 bits per heavy atom. The molecular weight excluding hydrogens is 210 g/mol. The Morgan fingerprint density at radius 2 is 2.12 bits per heavy atom. The summed E-state index contributed by atoms with van der Waals surface area (Å²) in [5.41, 5.74) is 4.40. The van der Waals surface area contributed by atoms with E-state index in [0.717, 1.165) is 26.2 Å². The smallest absolute Gasteiger partial charge is 0.0470 e. The maximum atomic E-state index is 3.49. The van der Waals surface area contributed by atoms with E-state index in [4.69, 9.17) is 0 Å². The third kappa shape index (κ3) is 1.94. The molecule has 0 aliphatic carbocycles. The molecule has 2 aliphatic rings. The van der Waals surface area contributed by atoms with Crippen molar-refractivity contribution >= 4 is 5.69 Å². The van der Waals surface area contributed by atoms with Crippen LogP contribution in [0.3, 0.4) is 0 Å². The van der Waals surface area contributed by atoms with Crippen LogP contribution in [0.1, 0.15) is 17.2 Å². The van der Waals surface area contributed by atoms with E-state index in [1.54, 1.807) is 0 Å². The Balaban J connectivity index is 1.89. The lowest BCUT2D eigenvalue weighted by Crippen LogP contribution is -2.43. The topological polar surface area (TPSA) is 18.5 Å². The lowest BCUT2D eigenvalue weighted by molar-refractivity contribution is 0.202. The van der Waals surface area contributed by atoms with Crippen LogP contribution in [-0.2, 0) is 6.42 Å². The maximum Gasteiger partial charge on any atom is 0.0470 e. The molecular formula is C14H21N3. The highest BCUT2D eigenvalue weighted by atomic mass is 15.2. The molecule has 17 heavy (non-hydrogen) atoms. The number of piperazine rings is 1. The van der Waals surface area contributed by atoms with Crippen LogP contribution in [0.4, 0.5) is 5.69 Å². The second kappa shape index (κ2) is 4.31. The first-order chi connectivity index (χ1) is 8.25. The molecule has 3 rings (SSSR count). The van der Waals surface area contributed by atoms with Crippen molar-refractivity contribution in [1.29, 1.82) is 0 Å². The van der Waals surface area contributed by atoms with Crippen LogP contribution in [0.15, 0.2) is 18.2 Å². The summed E-state index contributed by atoms with van der Waals surface area (Å²) in [5.74, 6) is 0. The predicted molar refractivity (Wildman–Crippen MR) is 71.7 cm³/mol. The summed E-state index contributed by atoms with van der Waals surface area (Å²) in [4.78, 5) is 4.80. The van der Waals surface area contributed by atoms with Crippen molar-refractivity contribution in [2.75, 3.05) is 45.2 Å². The Bertz CT molecular complexity index is 416. The number of hydrogen-bond acceptors (Lipinski definition) is 3. The summed E-state index contributed by atoms with van der Waals surface area (Å²) >= 11 is 0. The predicted octanol–water partition coefficient (Wildman–Crippen LogP) is 1.26. The van der Waals surface area contributed by atoms with E-state index in [1.807, 2.05) is 0 Å². The minimum atomic E-state index is 0.542. The molecule has 0 bridgehead atoms. The molecule has 2 aliphatic heterocycles. The third-order valence-corrected chi connectivity index (χ3v) is 4.13. The van der Waals surface area contributed by atoms with Crippen LogP contribution in [0.25, 0.3) is 0 Å². The van der Waals surface area contributed by atoms with Crippen molar-refractivity contribution < 1.29 is 0 Å². The van der Waals surface area contributed by atoms with Crippen LogP contribution in [-0.4, -0.2) is 45.2 Å². The summed E-state index contributed by atoms with van der Waals surface area (Å²) in [7, 11) is 4.41. The number of hydrogen-bond donors (Lipinski definition) is 1. The highest BCUT2D eigenvalue weighted by Crippen LogP contribution is 2.30. The molecule has 2 heterocycles. The molecule has 92 valence electrons. The van der Waals surface area contributed by atoms with E-state index in [-0.39, 0.29) is 0 Å². The van der Waals surface area contributed by atoms with Gasteiger partial charge in [0.2, 0.25) is 0 Å². The number of fused-ring (bicyclic) bond motifs is 1. The van der Waals surface area contributed by atoms with Crippen LogP contribution < -0.4 is 10.2 Å². The van der Waals surface area contributed by atoms with Gasteiger partial charge >= 0.3 is 0 Å². The van der Waals surface area contributed by atoms with Gasteiger partial charge in [0.05, 0.1) is 0 Å². The van der Waals surface area contributed by atoms with Gasteiger partial charge in [0, 0.05) is 45.0 Å². The van der Waals surface area contributed by atoms with Gasteiger partial charge in [-0.15, -0.1) is 0 Å². The molecule has 1 fully saturated rings. The summed E-state index contributed by atoms with van der Waals surface area (Å²) in [5, 5.41) is 3.49. The molecule has 1 aromatic carbocycles. The molecule has 3 nitrogen and oxygen atoms in total. The number of likely N-dealkylation sites (N-methyl/N-ethyl adjacent to an activating group) is 2. The maximum absolute atomic E-state index is 3.49. The van der Waals surface area contributed by atoms with Crippen LogP contribution in [0.2, 0.25) is 0 Å². The van der Waals surface area contributed by atoms with Gasteiger partial charge < -0.3 is 10.2 Å². The van der Waals surface area contributed by atoms with E-state index in [1.165, 1.54) is 23.2 Å². The minimum Gasteiger partial charge on any atom is -0.374 e. The van der Waals surface area contributed by atoms with Crippen molar-refractivity contribution in [3.63, 3.8) is 0 Å². The zero-order chi connectivity index (χ0) is 11.8. The van der Waals surface area contributed by atoms with Gasteiger partial charge in [-0.1, -0.05) is 12.1 Å². The second-order valence-electron chi connectivity index (χ2n) is 5.26. The average Bonchev–Trinajstić information content (AvgIpc) is 2.71. The standard InChI is InChI=1S/C14H21N3/c1-16-7-5-12-9-11(3-4-13(12)16)14-10-15-6-8-17(14)2/h3-4,9,14-15H,5-8,10H2,1-2H3. The first kappa shape index (κ1) is 11.1. The lowest BCUT2D eigenvalue weighted by Gasteiger charge is -2.33. The van der Waals surface area contributed by atoms with Crippen LogP contribution in [0.5, 0.6) is 0 Å². The van der Waals surface area contributed by atoms with Gasteiger partial charge in [0.25, 0.3) is 0 Å². The Kier molecular flexibility index (Phi) is 2.81. The molecule has 1 aromatic rings. The fourth-order valence-corrected chi connectivity index (χ4v) is 2.97. The van der Waals surface area contributed by atoms with Gasteiger partial charge in [0.15, 0.2) is 0 Å². The highest BCUT2D eigenvalue weighted by molar-refractivity contribution is 5.58. The third-order valence-electron chi connectivity index (χ3n) is 4.13. The molecule has 3 heteroatoms. The van der Waals surface area contributed by atoms with Crippen LogP contribution >= 0.6 is 0 Å². The fraction of sp³-hybridized carbons (Fsp3) is 0.571. The van der Waals surface area contributed by atoms with Crippen molar-refractivity contribution in [2.45, 2.75) is 12.5 Å². The van der Waals surface area contributed by atoms with Gasteiger partial charge in [-0.05, 0) is 30.7 Å². The molecule has 1 N–H and O–H groups in total. The highest BCUT2D eigenvalue weighted by Gasteiger charge is 2.23. The zero-order valence-corrected chi connectivity index (χ0v) is 10.7. The molecule has 0 amide bonds. The van der Waals surface area contributed by atoms with E-state index in [2.05, 4.69) is 47.4 Å².